The highest BCUT2D eigenvalue weighted by Crippen LogP contribution is 2.08. The number of rotatable bonds is 3. The summed E-state index contributed by atoms with van der Waals surface area (Å²) < 4.78 is 0. The quantitative estimate of drug-likeness (QED) is 0.764. The van der Waals surface area contributed by atoms with E-state index in [4.69, 9.17) is 11.6 Å². The summed E-state index contributed by atoms with van der Waals surface area (Å²) in [4.78, 5) is 25.7. The van der Waals surface area contributed by atoms with Crippen LogP contribution < -0.4 is 10.6 Å². The van der Waals surface area contributed by atoms with Crippen LogP contribution in [0.5, 0.6) is 0 Å². The van der Waals surface area contributed by atoms with Crippen molar-refractivity contribution in [2.45, 2.75) is 26.3 Å². The molecule has 0 aliphatic carbocycles. The second-order valence-electron chi connectivity index (χ2n) is 4.71. The van der Waals surface area contributed by atoms with Crippen molar-refractivity contribution in [3.63, 3.8) is 0 Å². The molecule has 0 fully saturated rings. The number of aromatic nitrogens is 1. The van der Waals surface area contributed by atoms with Gasteiger partial charge in [0.1, 0.15) is 5.69 Å². The number of H-pyrrole nitrogens is 1. The third-order valence-corrected chi connectivity index (χ3v) is 2.03. The molecule has 0 aliphatic rings. The van der Waals surface area contributed by atoms with Gasteiger partial charge in [0, 0.05) is 11.7 Å². The molecule has 0 saturated carbocycles. The average Bonchev–Trinajstić information content (AvgIpc) is 2.58. The van der Waals surface area contributed by atoms with Crippen LogP contribution in [0.4, 0.5) is 0 Å². The number of hydrogen-bond donors (Lipinski definition) is 3. The molecule has 0 spiro atoms. The van der Waals surface area contributed by atoms with Gasteiger partial charge in [0.15, 0.2) is 0 Å². The number of carbonyl (C=O) groups excluding carboxylic acids is 2. The predicted octanol–water partition coefficient (Wildman–Crippen LogP) is 1.31. The van der Waals surface area contributed by atoms with Crippen molar-refractivity contribution >= 4 is 23.4 Å². The van der Waals surface area contributed by atoms with E-state index in [-0.39, 0.29) is 23.9 Å². The number of aromatic amines is 1. The zero-order chi connectivity index (χ0) is 13.1. The van der Waals surface area contributed by atoms with Crippen molar-refractivity contribution in [3.05, 3.63) is 23.0 Å². The Labute approximate surface area is 105 Å². The molecule has 0 radical (unpaired) electrons. The summed E-state index contributed by atoms with van der Waals surface area (Å²) in [5.74, 6) is -0.593. The molecular weight excluding hydrogens is 242 g/mol. The molecule has 94 valence electrons. The largest absolute Gasteiger partial charge is 0.356 e. The van der Waals surface area contributed by atoms with Gasteiger partial charge >= 0.3 is 0 Å². The zero-order valence-electron chi connectivity index (χ0n) is 10.1. The summed E-state index contributed by atoms with van der Waals surface area (Å²) in [5.41, 5.74) is 0.0240. The van der Waals surface area contributed by atoms with Gasteiger partial charge in [-0.15, -0.1) is 0 Å². The monoisotopic (exact) mass is 257 g/mol. The second-order valence-corrected chi connectivity index (χ2v) is 5.15. The van der Waals surface area contributed by atoms with Gasteiger partial charge < -0.3 is 15.6 Å². The van der Waals surface area contributed by atoms with Crippen molar-refractivity contribution in [2.24, 2.45) is 0 Å². The molecule has 1 aromatic rings. The van der Waals surface area contributed by atoms with E-state index in [9.17, 15) is 9.59 Å². The minimum Gasteiger partial charge on any atom is -0.356 e. The van der Waals surface area contributed by atoms with Crippen molar-refractivity contribution in [1.82, 2.24) is 15.6 Å². The molecule has 3 N–H and O–H groups in total. The third kappa shape index (κ3) is 4.91. The fourth-order valence-corrected chi connectivity index (χ4v) is 1.38. The number of nitrogens with one attached hydrogen (secondary N) is 3. The number of halogens is 1. The van der Waals surface area contributed by atoms with E-state index < -0.39 is 0 Å². The summed E-state index contributed by atoms with van der Waals surface area (Å²) in [6, 6.07) is 1.50. The highest BCUT2D eigenvalue weighted by atomic mass is 35.5. The van der Waals surface area contributed by atoms with E-state index in [2.05, 4.69) is 15.6 Å². The van der Waals surface area contributed by atoms with Crippen LogP contribution in [-0.2, 0) is 4.79 Å². The summed E-state index contributed by atoms with van der Waals surface area (Å²) in [7, 11) is 0. The van der Waals surface area contributed by atoms with Gasteiger partial charge in [-0.3, -0.25) is 9.59 Å². The fraction of sp³-hybridized carbons (Fsp3) is 0.455. The number of carbonyl (C=O) groups is 2. The Bertz CT molecular complexity index is 421. The Morgan fingerprint density at radius 1 is 1.41 bits per heavy atom. The molecule has 1 heterocycles. The topological polar surface area (TPSA) is 74.0 Å². The van der Waals surface area contributed by atoms with Crippen LogP contribution in [-0.4, -0.2) is 28.9 Å². The Balaban J connectivity index is 2.41. The number of amides is 2. The lowest BCUT2D eigenvalue weighted by Crippen LogP contribution is -2.45. The highest BCUT2D eigenvalue weighted by molar-refractivity contribution is 6.30. The Hall–Kier alpha value is -1.49. The highest BCUT2D eigenvalue weighted by Gasteiger charge is 2.15. The van der Waals surface area contributed by atoms with E-state index in [0.717, 1.165) is 0 Å². The molecule has 6 heteroatoms. The molecule has 17 heavy (non-hydrogen) atoms. The molecule has 5 nitrogen and oxygen atoms in total. The van der Waals surface area contributed by atoms with Gasteiger partial charge in [-0.1, -0.05) is 11.6 Å². The predicted molar refractivity (Wildman–Crippen MR) is 66.0 cm³/mol. The van der Waals surface area contributed by atoms with E-state index in [1.165, 1.54) is 12.3 Å². The summed E-state index contributed by atoms with van der Waals surface area (Å²) >= 11 is 5.66. The summed E-state index contributed by atoms with van der Waals surface area (Å²) in [5, 5.41) is 5.69. The van der Waals surface area contributed by atoms with Crippen molar-refractivity contribution in [2.75, 3.05) is 6.54 Å². The van der Waals surface area contributed by atoms with Crippen LogP contribution in [0, 0.1) is 0 Å². The van der Waals surface area contributed by atoms with Crippen molar-refractivity contribution in [3.8, 4) is 0 Å². The van der Waals surface area contributed by atoms with E-state index in [0.29, 0.717) is 10.7 Å². The molecule has 0 unspecified atom stereocenters. The van der Waals surface area contributed by atoms with Gasteiger partial charge in [-0.05, 0) is 26.8 Å². The van der Waals surface area contributed by atoms with Gasteiger partial charge in [0.05, 0.1) is 11.6 Å². The summed E-state index contributed by atoms with van der Waals surface area (Å²) in [6.07, 6.45) is 1.51. The first-order chi connectivity index (χ1) is 7.78. The molecule has 0 aromatic carbocycles. The molecular formula is C11H16ClN3O2. The van der Waals surface area contributed by atoms with Crippen LogP contribution in [0.3, 0.4) is 0 Å². The van der Waals surface area contributed by atoms with E-state index in [1.807, 2.05) is 20.8 Å². The van der Waals surface area contributed by atoms with E-state index >= 15 is 0 Å². The molecule has 2 amide bonds. The fourth-order valence-electron chi connectivity index (χ4n) is 1.22. The first kappa shape index (κ1) is 13.6. The van der Waals surface area contributed by atoms with Gasteiger partial charge in [-0.2, -0.15) is 0 Å². The first-order valence-electron chi connectivity index (χ1n) is 5.21. The van der Waals surface area contributed by atoms with Gasteiger partial charge in [0.2, 0.25) is 5.91 Å². The maximum Gasteiger partial charge on any atom is 0.268 e. The number of hydrogen-bond acceptors (Lipinski definition) is 2. The summed E-state index contributed by atoms with van der Waals surface area (Å²) in [6.45, 7) is 5.55. The molecule has 1 aromatic heterocycles. The Kier molecular flexibility index (Phi) is 4.17. The van der Waals surface area contributed by atoms with Gasteiger partial charge in [-0.25, -0.2) is 0 Å². The van der Waals surface area contributed by atoms with Crippen molar-refractivity contribution < 1.29 is 9.59 Å². The van der Waals surface area contributed by atoms with Crippen LogP contribution in [0.2, 0.25) is 5.02 Å². The smallest absolute Gasteiger partial charge is 0.268 e. The minimum absolute atomic E-state index is 0.0628. The second kappa shape index (κ2) is 5.23. The maximum atomic E-state index is 11.5. The third-order valence-electron chi connectivity index (χ3n) is 1.82. The Morgan fingerprint density at radius 2 is 2.06 bits per heavy atom. The minimum atomic E-state index is -0.360. The first-order valence-corrected chi connectivity index (χ1v) is 5.59. The molecule has 1 rings (SSSR count). The molecule has 0 aliphatic heterocycles. The normalized spacial score (nSPS) is 11.1. The lowest BCUT2D eigenvalue weighted by molar-refractivity contribution is -0.121. The average molecular weight is 258 g/mol. The maximum absolute atomic E-state index is 11.5. The van der Waals surface area contributed by atoms with Crippen LogP contribution >= 0.6 is 11.6 Å². The van der Waals surface area contributed by atoms with Crippen LogP contribution in [0.15, 0.2) is 12.3 Å². The molecule has 0 bridgehead atoms. The lowest BCUT2D eigenvalue weighted by Gasteiger charge is -2.20. The van der Waals surface area contributed by atoms with E-state index in [1.54, 1.807) is 0 Å². The SMILES string of the molecule is CC(C)(C)NC(=O)CNC(=O)c1cc(Cl)c[nH]1. The van der Waals surface area contributed by atoms with Crippen molar-refractivity contribution in [1.29, 1.82) is 0 Å². The van der Waals surface area contributed by atoms with Crippen LogP contribution in [0.25, 0.3) is 0 Å². The standard InChI is InChI=1S/C11H16ClN3O2/c1-11(2,3)15-9(16)6-14-10(17)8-4-7(12)5-13-8/h4-5,13H,6H2,1-3H3,(H,14,17)(H,15,16). The zero-order valence-corrected chi connectivity index (χ0v) is 10.8. The van der Waals surface area contributed by atoms with Crippen LogP contribution in [0.1, 0.15) is 31.3 Å². The Morgan fingerprint density at radius 3 is 2.53 bits per heavy atom. The lowest BCUT2D eigenvalue weighted by atomic mass is 10.1. The molecule has 0 saturated heterocycles. The van der Waals surface area contributed by atoms with Gasteiger partial charge in [0.25, 0.3) is 5.91 Å². The molecule has 0 atom stereocenters.